The van der Waals surface area contributed by atoms with Crippen molar-refractivity contribution in [3.05, 3.63) is 0 Å². The zero-order chi connectivity index (χ0) is 17.6. The molecule has 0 aliphatic rings. The summed E-state index contributed by atoms with van der Waals surface area (Å²) in [5.74, 6) is 0. The number of nitrogens with zero attached hydrogens (tertiary/aromatic N) is 1. The summed E-state index contributed by atoms with van der Waals surface area (Å²) in [7, 11) is -6.32. The molecule has 0 heterocycles. The van der Waals surface area contributed by atoms with Crippen molar-refractivity contribution in [3.63, 3.8) is 0 Å². The van der Waals surface area contributed by atoms with Gasteiger partial charge in [-0.15, -0.1) is 0 Å². The van der Waals surface area contributed by atoms with Gasteiger partial charge in [-0.05, 0) is 0 Å². The average molecular weight is 394 g/mol. The molecular weight excluding hydrogens is 361 g/mol. The summed E-state index contributed by atoms with van der Waals surface area (Å²) in [5.41, 5.74) is 0. The van der Waals surface area contributed by atoms with Crippen molar-refractivity contribution in [1.29, 1.82) is 0 Å². The van der Waals surface area contributed by atoms with Gasteiger partial charge in [0.25, 0.3) is 0 Å². The van der Waals surface area contributed by atoms with E-state index in [4.69, 9.17) is 27.1 Å². The van der Waals surface area contributed by atoms with E-state index >= 15 is 0 Å². The molecule has 0 saturated heterocycles. The molecule has 0 fully saturated rings. The summed E-state index contributed by atoms with van der Waals surface area (Å²) < 4.78 is 38.8. The summed E-state index contributed by atoms with van der Waals surface area (Å²) in [6.07, 6.45) is 0. The summed E-state index contributed by atoms with van der Waals surface area (Å²) in [6, 6.07) is 0. The Morgan fingerprint density at radius 3 is 1.61 bits per heavy atom. The zero-order valence-corrected chi connectivity index (χ0v) is 18.0. The number of rotatable bonds is 15. The fourth-order valence-electron chi connectivity index (χ4n) is 1.51. The molecule has 0 amide bonds. The van der Waals surface area contributed by atoms with Crippen molar-refractivity contribution >= 4 is 24.7 Å². The van der Waals surface area contributed by atoms with Crippen molar-refractivity contribution in [2.75, 3.05) is 39.6 Å². The zero-order valence-electron chi connectivity index (χ0n) is 15.1. The second-order valence-electron chi connectivity index (χ2n) is 3.90. The number of nitrogens with one attached hydrogen (secondary N) is 1. The molecule has 0 aliphatic carbocycles. The van der Waals surface area contributed by atoms with Gasteiger partial charge in [-0.1, -0.05) is 0 Å². The van der Waals surface area contributed by atoms with E-state index in [9.17, 15) is 0 Å². The van der Waals surface area contributed by atoms with Crippen LogP contribution < -0.4 is 4.86 Å². The van der Waals surface area contributed by atoms with Gasteiger partial charge in [0, 0.05) is 0 Å². The quantitative estimate of drug-likeness (QED) is 0.405. The first-order valence-corrected chi connectivity index (χ1v) is 12.3. The van der Waals surface area contributed by atoms with E-state index in [1.807, 2.05) is 41.5 Å². The molecule has 0 radical (unpaired) electrons. The predicted octanol–water partition coefficient (Wildman–Crippen LogP) is 4.66. The van der Waals surface area contributed by atoms with Crippen molar-refractivity contribution in [1.82, 2.24) is 4.86 Å². The number of hydrogen-bond acceptors (Lipinski definition) is 8. The Hall–Kier alpha value is 0.810. The van der Waals surface area contributed by atoms with Crippen molar-refractivity contribution in [3.8, 4) is 0 Å². The minimum absolute atomic E-state index is 0.456. The maximum absolute atomic E-state index is 5.88. The van der Waals surface area contributed by atoms with Gasteiger partial charge in [0.15, 0.2) is 0 Å². The third-order valence-electron chi connectivity index (χ3n) is 2.18. The Labute approximate surface area is 143 Å². The second kappa shape index (κ2) is 15.1. The molecule has 0 aromatic carbocycles. The standard InChI is InChI=1S/C12H33N2O6P3/c1-7-15-21(16-8-2)13-23(19-11-5,20-12-6)14-22(17-9-3)18-10-4/h13,22-23H,7-12H2,1-6H3. The van der Waals surface area contributed by atoms with Gasteiger partial charge in [-0.25, -0.2) is 0 Å². The van der Waals surface area contributed by atoms with Crippen molar-refractivity contribution in [2.45, 2.75) is 41.5 Å². The van der Waals surface area contributed by atoms with Gasteiger partial charge in [-0.2, -0.15) is 0 Å². The molecule has 0 bridgehead atoms. The molecule has 0 atom stereocenters. The molecule has 142 valence electrons. The first-order chi connectivity index (χ1) is 11.1. The molecule has 23 heavy (non-hydrogen) atoms. The minimum atomic E-state index is -3.12. The van der Waals surface area contributed by atoms with Crippen LogP contribution >= 0.6 is 24.7 Å². The Morgan fingerprint density at radius 2 is 1.26 bits per heavy atom. The monoisotopic (exact) mass is 394 g/mol. The maximum atomic E-state index is 5.88. The second-order valence-corrected chi connectivity index (χ2v) is 9.57. The van der Waals surface area contributed by atoms with E-state index in [1.165, 1.54) is 0 Å². The van der Waals surface area contributed by atoms with Gasteiger partial charge < -0.3 is 0 Å². The molecule has 8 nitrogen and oxygen atoms in total. The van der Waals surface area contributed by atoms with Crippen LogP contribution in [-0.2, 0) is 27.1 Å². The Bertz CT molecular complexity index is 305. The molecule has 0 saturated carbocycles. The first kappa shape index (κ1) is 23.8. The molecular formula is C12H33N2O6P3. The summed E-state index contributed by atoms with van der Waals surface area (Å²) >= 11 is 0. The molecule has 0 aromatic rings. The van der Waals surface area contributed by atoms with Crippen LogP contribution in [-0.4, -0.2) is 39.6 Å². The third kappa shape index (κ3) is 10.4. The van der Waals surface area contributed by atoms with Crippen molar-refractivity contribution < 1.29 is 27.1 Å². The topological polar surface area (TPSA) is 79.8 Å². The fourth-order valence-corrected chi connectivity index (χ4v) is 8.10. The summed E-state index contributed by atoms with van der Waals surface area (Å²) in [4.78, 5) is 3.23. The fraction of sp³-hybridized carbons (Fsp3) is 1.00. The van der Waals surface area contributed by atoms with Gasteiger partial charge in [0.05, 0.1) is 0 Å². The van der Waals surface area contributed by atoms with Crippen LogP contribution in [0.15, 0.2) is 4.52 Å². The molecule has 0 unspecified atom stereocenters. The van der Waals surface area contributed by atoms with E-state index in [0.29, 0.717) is 39.6 Å². The van der Waals surface area contributed by atoms with Crippen LogP contribution in [0.25, 0.3) is 0 Å². The van der Waals surface area contributed by atoms with E-state index in [-0.39, 0.29) is 0 Å². The molecule has 0 rings (SSSR count). The van der Waals surface area contributed by atoms with E-state index < -0.39 is 24.7 Å². The van der Waals surface area contributed by atoms with E-state index in [1.54, 1.807) is 0 Å². The van der Waals surface area contributed by atoms with Crippen LogP contribution in [0.2, 0.25) is 0 Å². The van der Waals surface area contributed by atoms with E-state index in [0.717, 1.165) is 0 Å². The van der Waals surface area contributed by atoms with Gasteiger partial charge in [0.2, 0.25) is 0 Å². The SMILES string of the molecule is CCOP(N[PH](N=[PH](OCC)OCC)(OCC)OCC)OCC. The van der Waals surface area contributed by atoms with Crippen LogP contribution in [0.1, 0.15) is 41.5 Å². The Kier molecular flexibility index (Phi) is 15.6. The van der Waals surface area contributed by atoms with Gasteiger partial charge in [-0.3, -0.25) is 0 Å². The first-order valence-electron chi connectivity index (χ1n) is 8.08. The van der Waals surface area contributed by atoms with Gasteiger partial charge in [0.1, 0.15) is 0 Å². The van der Waals surface area contributed by atoms with Crippen LogP contribution in [0.3, 0.4) is 0 Å². The summed E-state index contributed by atoms with van der Waals surface area (Å²) in [6.45, 7) is 14.4. The molecule has 11 heteroatoms. The predicted molar refractivity (Wildman–Crippen MR) is 98.9 cm³/mol. The van der Waals surface area contributed by atoms with Crippen LogP contribution in [0, 0.1) is 0 Å². The summed E-state index contributed by atoms with van der Waals surface area (Å²) in [5, 5.41) is 0. The number of hydrogen-bond donors (Lipinski definition) is 1. The normalized spacial score (nSPS) is 13.0. The van der Waals surface area contributed by atoms with Gasteiger partial charge >= 0.3 is 142 Å². The Balaban J connectivity index is 5.42. The molecule has 1 N–H and O–H groups in total. The van der Waals surface area contributed by atoms with E-state index in [2.05, 4.69) is 9.37 Å². The van der Waals surface area contributed by atoms with Crippen molar-refractivity contribution in [2.24, 2.45) is 4.52 Å². The van der Waals surface area contributed by atoms with Crippen LogP contribution in [0.5, 0.6) is 0 Å². The van der Waals surface area contributed by atoms with Crippen LogP contribution in [0.4, 0.5) is 0 Å². The molecule has 0 aliphatic heterocycles. The molecule has 0 spiro atoms. The third-order valence-corrected chi connectivity index (χ3v) is 9.36. The molecule has 0 aromatic heterocycles. The Morgan fingerprint density at radius 1 is 0.783 bits per heavy atom. The average Bonchev–Trinajstić information content (AvgIpc) is 2.49.